The molecule has 22 heavy (non-hydrogen) atoms. The molecule has 1 aliphatic heterocycles. The van der Waals surface area contributed by atoms with Crippen LogP contribution in [-0.4, -0.2) is 28.8 Å². The molecule has 0 radical (unpaired) electrons. The molecule has 1 aromatic heterocycles. The van der Waals surface area contributed by atoms with Crippen LogP contribution in [0.5, 0.6) is 0 Å². The Morgan fingerprint density at radius 2 is 2.09 bits per heavy atom. The van der Waals surface area contributed by atoms with Gasteiger partial charge in [0.15, 0.2) is 0 Å². The Morgan fingerprint density at radius 3 is 2.86 bits per heavy atom. The summed E-state index contributed by atoms with van der Waals surface area (Å²) in [6.45, 7) is 2.22. The first-order valence-corrected chi connectivity index (χ1v) is 8.77. The van der Waals surface area contributed by atoms with Gasteiger partial charge in [-0.05, 0) is 67.8 Å². The number of aryl methyl sites for hydroxylation is 1. The van der Waals surface area contributed by atoms with Gasteiger partial charge in [-0.1, -0.05) is 18.9 Å². The van der Waals surface area contributed by atoms with Crippen molar-refractivity contribution in [1.82, 2.24) is 10.3 Å². The normalized spacial score (nSPS) is 24.3. The third-order valence-corrected chi connectivity index (χ3v) is 5.69. The number of H-pyrrole nitrogens is 1. The SMILES string of the molecule is OC1(CCc2ccc3[nH]cc(C4CCNC4)c3c2)CCCC1. The summed E-state index contributed by atoms with van der Waals surface area (Å²) in [7, 11) is 0. The highest BCUT2D eigenvalue weighted by atomic mass is 16.3. The molecule has 3 N–H and O–H groups in total. The van der Waals surface area contributed by atoms with Gasteiger partial charge >= 0.3 is 0 Å². The summed E-state index contributed by atoms with van der Waals surface area (Å²) < 4.78 is 0. The molecule has 1 aromatic carbocycles. The van der Waals surface area contributed by atoms with Gasteiger partial charge in [-0.2, -0.15) is 0 Å². The molecular weight excluding hydrogens is 272 g/mol. The number of aromatic amines is 1. The lowest BCUT2D eigenvalue weighted by Gasteiger charge is -2.21. The standard InChI is InChI=1S/C19H26N2O/c22-19(7-1-2-8-19)9-5-14-3-4-18-16(11-14)17(13-21-18)15-6-10-20-12-15/h3-4,11,13,15,20-22H,1-2,5-10,12H2. The smallest absolute Gasteiger partial charge is 0.0651 e. The van der Waals surface area contributed by atoms with Crippen LogP contribution in [0.25, 0.3) is 10.9 Å². The second-order valence-electron chi connectivity index (χ2n) is 7.25. The van der Waals surface area contributed by atoms with E-state index in [2.05, 4.69) is 34.7 Å². The van der Waals surface area contributed by atoms with Gasteiger partial charge in [0.1, 0.15) is 0 Å². The van der Waals surface area contributed by atoms with Crippen LogP contribution in [0.2, 0.25) is 0 Å². The van der Waals surface area contributed by atoms with Crippen molar-refractivity contribution in [3.63, 3.8) is 0 Å². The lowest BCUT2D eigenvalue weighted by molar-refractivity contribution is 0.0391. The van der Waals surface area contributed by atoms with Crippen LogP contribution in [0.15, 0.2) is 24.4 Å². The van der Waals surface area contributed by atoms with Gasteiger partial charge in [-0.25, -0.2) is 0 Å². The van der Waals surface area contributed by atoms with Crippen molar-refractivity contribution in [2.75, 3.05) is 13.1 Å². The molecule has 1 unspecified atom stereocenters. The molecule has 2 aromatic rings. The van der Waals surface area contributed by atoms with Crippen LogP contribution in [0.3, 0.4) is 0 Å². The third kappa shape index (κ3) is 2.68. The average molecular weight is 298 g/mol. The van der Waals surface area contributed by atoms with Gasteiger partial charge < -0.3 is 15.4 Å². The molecule has 0 bridgehead atoms. The number of hydrogen-bond donors (Lipinski definition) is 3. The minimum Gasteiger partial charge on any atom is -0.390 e. The van der Waals surface area contributed by atoms with Crippen molar-refractivity contribution < 1.29 is 5.11 Å². The summed E-state index contributed by atoms with van der Waals surface area (Å²) in [5.74, 6) is 0.642. The number of aliphatic hydroxyl groups is 1. The van der Waals surface area contributed by atoms with E-state index in [1.165, 1.54) is 41.3 Å². The van der Waals surface area contributed by atoms with Crippen molar-refractivity contribution in [3.05, 3.63) is 35.5 Å². The van der Waals surface area contributed by atoms with Crippen molar-refractivity contribution in [2.24, 2.45) is 0 Å². The van der Waals surface area contributed by atoms with E-state index in [1.54, 1.807) is 0 Å². The van der Waals surface area contributed by atoms with Crippen LogP contribution < -0.4 is 5.32 Å². The van der Waals surface area contributed by atoms with E-state index in [9.17, 15) is 5.11 Å². The van der Waals surface area contributed by atoms with Gasteiger partial charge in [-0.3, -0.25) is 0 Å². The van der Waals surface area contributed by atoms with Crippen LogP contribution in [0.1, 0.15) is 55.6 Å². The maximum atomic E-state index is 10.5. The largest absolute Gasteiger partial charge is 0.390 e. The Hall–Kier alpha value is -1.32. The molecule has 0 spiro atoms. The molecule has 2 heterocycles. The molecule has 2 fully saturated rings. The van der Waals surface area contributed by atoms with E-state index in [1.807, 2.05) is 0 Å². The summed E-state index contributed by atoms with van der Waals surface area (Å²) >= 11 is 0. The summed E-state index contributed by atoms with van der Waals surface area (Å²) in [4.78, 5) is 3.42. The van der Waals surface area contributed by atoms with Crippen LogP contribution >= 0.6 is 0 Å². The quantitative estimate of drug-likeness (QED) is 0.809. The first-order chi connectivity index (χ1) is 10.7. The van der Waals surface area contributed by atoms with E-state index >= 15 is 0 Å². The Labute approximate surface area is 132 Å². The molecule has 1 aliphatic carbocycles. The number of fused-ring (bicyclic) bond motifs is 1. The zero-order valence-electron chi connectivity index (χ0n) is 13.2. The Morgan fingerprint density at radius 1 is 1.23 bits per heavy atom. The van der Waals surface area contributed by atoms with Gasteiger partial charge in [0, 0.05) is 23.6 Å². The zero-order valence-corrected chi connectivity index (χ0v) is 13.2. The molecule has 1 saturated carbocycles. The van der Waals surface area contributed by atoms with Crippen LogP contribution in [0.4, 0.5) is 0 Å². The number of aromatic nitrogens is 1. The predicted molar refractivity (Wildman–Crippen MR) is 90.3 cm³/mol. The Bertz CT molecular complexity index is 648. The van der Waals surface area contributed by atoms with Crippen molar-refractivity contribution in [3.8, 4) is 0 Å². The van der Waals surface area contributed by atoms with Crippen LogP contribution in [0, 0.1) is 0 Å². The fraction of sp³-hybridized carbons (Fsp3) is 0.579. The van der Waals surface area contributed by atoms with Crippen molar-refractivity contribution in [2.45, 2.75) is 56.5 Å². The van der Waals surface area contributed by atoms with Crippen molar-refractivity contribution >= 4 is 10.9 Å². The van der Waals surface area contributed by atoms with Gasteiger partial charge in [-0.15, -0.1) is 0 Å². The summed E-state index contributed by atoms with van der Waals surface area (Å²) in [6, 6.07) is 6.76. The van der Waals surface area contributed by atoms with Gasteiger partial charge in [0.2, 0.25) is 0 Å². The first-order valence-electron chi connectivity index (χ1n) is 8.77. The number of hydrogen-bond acceptors (Lipinski definition) is 2. The van der Waals surface area contributed by atoms with E-state index in [0.717, 1.165) is 38.8 Å². The summed E-state index contributed by atoms with van der Waals surface area (Å²) in [5, 5.41) is 15.4. The molecule has 1 saturated heterocycles. The molecule has 118 valence electrons. The van der Waals surface area contributed by atoms with Gasteiger partial charge in [0.25, 0.3) is 0 Å². The maximum absolute atomic E-state index is 10.5. The minimum atomic E-state index is -0.398. The Balaban J connectivity index is 1.55. The third-order valence-electron chi connectivity index (χ3n) is 5.69. The topological polar surface area (TPSA) is 48.0 Å². The van der Waals surface area contributed by atoms with Crippen molar-refractivity contribution in [1.29, 1.82) is 0 Å². The first kappa shape index (κ1) is 14.3. The highest BCUT2D eigenvalue weighted by Gasteiger charge is 2.30. The zero-order chi connectivity index (χ0) is 15.0. The molecule has 4 rings (SSSR count). The monoisotopic (exact) mass is 298 g/mol. The highest BCUT2D eigenvalue weighted by Crippen LogP contribution is 2.34. The average Bonchev–Trinajstić information content (AvgIpc) is 3.25. The van der Waals surface area contributed by atoms with E-state index < -0.39 is 5.60 Å². The fourth-order valence-electron chi connectivity index (χ4n) is 4.26. The number of nitrogens with one attached hydrogen (secondary N) is 2. The second kappa shape index (κ2) is 5.71. The molecule has 3 nitrogen and oxygen atoms in total. The molecule has 2 aliphatic rings. The number of benzene rings is 1. The summed E-state index contributed by atoms with van der Waals surface area (Å²) in [5.41, 5.74) is 3.66. The molecule has 3 heteroatoms. The highest BCUT2D eigenvalue weighted by molar-refractivity contribution is 5.84. The minimum absolute atomic E-state index is 0.398. The van der Waals surface area contributed by atoms with E-state index in [4.69, 9.17) is 0 Å². The molecular formula is C19H26N2O. The number of rotatable bonds is 4. The lowest BCUT2D eigenvalue weighted by atomic mass is 9.92. The van der Waals surface area contributed by atoms with Gasteiger partial charge in [0.05, 0.1) is 5.60 Å². The molecule has 0 amide bonds. The second-order valence-corrected chi connectivity index (χ2v) is 7.25. The van der Waals surface area contributed by atoms with E-state index in [-0.39, 0.29) is 0 Å². The maximum Gasteiger partial charge on any atom is 0.0651 e. The Kier molecular flexibility index (Phi) is 3.71. The van der Waals surface area contributed by atoms with E-state index in [0.29, 0.717) is 5.92 Å². The summed E-state index contributed by atoms with van der Waals surface area (Å²) in [6.07, 6.45) is 9.66. The molecule has 1 atom stereocenters. The predicted octanol–water partition coefficient (Wildman–Crippen LogP) is 3.48. The lowest BCUT2D eigenvalue weighted by Crippen LogP contribution is -2.24. The fourth-order valence-corrected chi connectivity index (χ4v) is 4.26. The van der Waals surface area contributed by atoms with Crippen LogP contribution in [-0.2, 0) is 6.42 Å².